The van der Waals surface area contributed by atoms with Crippen molar-refractivity contribution in [2.75, 3.05) is 13.1 Å². The molecule has 0 aliphatic heterocycles. The Balaban J connectivity index is 2.99. The van der Waals surface area contributed by atoms with Crippen molar-refractivity contribution in [3.8, 4) is 0 Å². The molecule has 0 aliphatic rings. The number of hydroxylamine groups is 1. The Bertz CT molecular complexity index is 430. The van der Waals surface area contributed by atoms with Gasteiger partial charge in [-0.05, 0) is 42.6 Å². The van der Waals surface area contributed by atoms with Crippen molar-refractivity contribution < 1.29 is 5.21 Å². The molecule has 1 unspecified atom stereocenters. The predicted molar refractivity (Wildman–Crippen MR) is 89.3 cm³/mol. The molecule has 2 N–H and O–H groups in total. The second-order valence-corrected chi connectivity index (χ2v) is 6.48. The highest BCUT2D eigenvalue weighted by Gasteiger charge is 2.24. The van der Waals surface area contributed by atoms with Gasteiger partial charge in [0.2, 0.25) is 0 Å². The van der Waals surface area contributed by atoms with Gasteiger partial charge in [-0.3, -0.25) is 15.6 Å². The van der Waals surface area contributed by atoms with E-state index < -0.39 is 0 Å². The maximum atomic E-state index is 8.53. The third-order valence-electron chi connectivity index (χ3n) is 3.61. The minimum absolute atomic E-state index is 0.283. The van der Waals surface area contributed by atoms with Gasteiger partial charge < -0.3 is 0 Å². The van der Waals surface area contributed by atoms with Gasteiger partial charge in [-0.15, -0.1) is 0 Å². The van der Waals surface area contributed by atoms with Gasteiger partial charge in [0, 0.05) is 6.04 Å². The summed E-state index contributed by atoms with van der Waals surface area (Å²) < 4.78 is 0. The lowest BCUT2D eigenvalue weighted by atomic mass is 9.84. The van der Waals surface area contributed by atoms with Gasteiger partial charge in [0.25, 0.3) is 0 Å². The molecule has 4 nitrogen and oxygen atoms in total. The van der Waals surface area contributed by atoms with Gasteiger partial charge in [0.05, 0.1) is 5.69 Å². The molecular weight excluding hydrogens is 262 g/mol. The maximum absolute atomic E-state index is 8.53. The van der Waals surface area contributed by atoms with E-state index in [9.17, 15) is 0 Å². The Morgan fingerprint density at radius 3 is 2.19 bits per heavy atom. The molecule has 0 saturated heterocycles. The van der Waals surface area contributed by atoms with Gasteiger partial charge in [-0.2, -0.15) is 0 Å². The number of rotatable bonds is 7. The zero-order valence-electron chi connectivity index (χ0n) is 13.9. The number of aliphatic imine (C=N–C) groups is 1. The predicted octanol–water partition coefficient (Wildman–Crippen LogP) is 4.14. The van der Waals surface area contributed by atoms with Crippen molar-refractivity contribution in [1.29, 1.82) is 0 Å². The molecule has 1 aromatic rings. The highest BCUT2D eigenvalue weighted by Crippen LogP contribution is 2.34. The van der Waals surface area contributed by atoms with E-state index in [1.807, 2.05) is 17.6 Å². The lowest BCUT2D eigenvalue weighted by molar-refractivity contribution is 0.162. The van der Waals surface area contributed by atoms with E-state index in [-0.39, 0.29) is 5.41 Å². The summed E-state index contributed by atoms with van der Waals surface area (Å²) >= 11 is 0. The van der Waals surface area contributed by atoms with E-state index in [0.29, 0.717) is 6.04 Å². The minimum atomic E-state index is 0.283. The van der Waals surface area contributed by atoms with Crippen molar-refractivity contribution in [2.45, 2.75) is 47.1 Å². The van der Waals surface area contributed by atoms with E-state index in [1.54, 1.807) is 0 Å². The molecule has 0 aromatic heterocycles. The van der Waals surface area contributed by atoms with Crippen molar-refractivity contribution in [1.82, 2.24) is 10.4 Å². The Kier molecular flexibility index (Phi) is 6.85. The average molecular weight is 291 g/mol. The van der Waals surface area contributed by atoms with E-state index >= 15 is 0 Å². The zero-order chi connectivity index (χ0) is 15.9. The van der Waals surface area contributed by atoms with Crippen molar-refractivity contribution >= 4 is 12.0 Å². The van der Waals surface area contributed by atoms with Crippen LogP contribution in [0.4, 0.5) is 5.69 Å². The first-order valence-electron chi connectivity index (χ1n) is 7.67. The molecule has 21 heavy (non-hydrogen) atoms. The van der Waals surface area contributed by atoms with E-state index in [4.69, 9.17) is 5.21 Å². The Morgan fingerprint density at radius 2 is 1.76 bits per heavy atom. The van der Waals surface area contributed by atoms with Gasteiger partial charge >= 0.3 is 0 Å². The summed E-state index contributed by atoms with van der Waals surface area (Å²) in [7, 11) is 0. The molecule has 4 heteroatoms. The SMILES string of the molecule is CCN(CC)C(CC(C)(C)C)c1ccc(N=CNO)cc1. The van der Waals surface area contributed by atoms with Crippen LogP contribution in [0.2, 0.25) is 0 Å². The van der Waals surface area contributed by atoms with Crippen LogP contribution in [0.15, 0.2) is 29.3 Å². The van der Waals surface area contributed by atoms with Crippen LogP contribution in [0.1, 0.15) is 52.6 Å². The van der Waals surface area contributed by atoms with Crippen LogP contribution in [0, 0.1) is 5.41 Å². The normalized spacial score (nSPS) is 13.9. The largest absolute Gasteiger partial charge is 0.297 e. The smallest absolute Gasteiger partial charge is 0.113 e. The van der Waals surface area contributed by atoms with Crippen LogP contribution in [0.5, 0.6) is 0 Å². The number of hydrogen-bond acceptors (Lipinski definition) is 3. The third kappa shape index (κ3) is 5.86. The minimum Gasteiger partial charge on any atom is -0.297 e. The van der Waals surface area contributed by atoms with Gasteiger partial charge in [-0.1, -0.05) is 46.8 Å². The van der Waals surface area contributed by atoms with Crippen molar-refractivity contribution in [3.63, 3.8) is 0 Å². The number of nitrogens with zero attached hydrogens (tertiary/aromatic N) is 2. The summed E-state index contributed by atoms with van der Waals surface area (Å²) in [6, 6.07) is 8.68. The van der Waals surface area contributed by atoms with E-state index in [2.05, 4.69) is 56.6 Å². The maximum Gasteiger partial charge on any atom is 0.113 e. The number of nitrogens with one attached hydrogen (secondary N) is 1. The first-order chi connectivity index (χ1) is 9.91. The van der Waals surface area contributed by atoms with Crippen LogP contribution >= 0.6 is 0 Å². The molecule has 1 atom stereocenters. The first-order valence-corrected chi connectivity index (χ1v) is 7.67. The van der Waals surface area contributed by atoms with Gasteiger partial charge in [-0.25, -0.2) is 4.99 Å². The molecule has 1 aromatic carbocycles. The molecule has 1 rings (SSSR count). The second-order valence-electron chi connectivity index (χ2n) is 6.48. The third-order valence-corrected chi connectivity index (χ3v) is 3.61. The fraction of sp³-hybridized carbons (Fsp3) is 0.588. The van der Waals surface area contributed by atoms with Crippen molar-refractivity contribution in [2.24, 2.45) is 10.4 Å². The topological polar surface area (TPSA) is 47.9 Å². The molecule has 0 fully saturated rings. The molecule has 0 bridgehead atoms. The summed E-state index contributed by atoms with van der Waals surface area (Å²) in [5, 5.41) is 8.53. The van der Waals surface area contributed by atoms with E-state index in [1.165, 1.54) is 11.9 Å². The van der Waals surface area contributed by atoms with Crippen LogP contribution in [-0.4, -0.2) is 29.5 Å². The molecule has 0 heterocycles. The molecule has 0 radical (unpaired) electrons. The number of hydrogen-bond donors (Lipinski definition) is 2. The fourth-order valence-corrected chi connectivity index (χ4v) is 2.59. The van der Waals surface area contributed by atoms with Crippen LogP contribution in [0.25, 0.3) is 0 Å². The van der Waals surface area contributed by atoms with E-state index in [0.717, 1.165) is 25.2 Å². The molecule has 118 valence electrons. The Hall–Kier alpha value is -1.39. The van der Waals surface area contributed by atoms with Crippen molar-refractivity contribution in [3.05, 3.63) is 29.8 Å². The van der Waals surface area contributed by atoms with Gasteiger partial charge in [0.1, 0.15) is 6.34 Å². The lowest BCUT2D eigenvalue weighted by Crippen LogP contribution is -2.31. The second kappa shape index (κ2) is 8.15. The standard InChI is InChI=1S/C17H29N3O/c1-6-20(7-2)16(12-17(3,4)5)14-8-10-15(11-9-14)18-13-19-21/h8-11,13,16,21H,6-7,12H2,1-5H3,(H,18,19). The quantitative estimate of drug-likeness (QED) is 0.451. The Morgan fingerprint density at radius 1 is 1.19 bits per heavy atom. The highest BCUT2D eigenvalue weighted by atomic mass is 16.5. The molecule has 0 aliphatic carbocycles. The monoisotopic (exact) mass is 291 g/mol. The molecule has 0 saturated carbocycles. The lowest BCUT2D eigenvalue weighted by Gasteiger charge is -2.35. The zero-order valence-corrected chi connectivity index (χ0v) is 13.9. The molecule has 0 spiro atoms. The molecular formula is C17H29N3O. The summed E-state index contributed by atoms with van der Waals surface area (Å²) in [6.45, 7) is 13.4. The summed E-state index contributed by atoms with van der Waals surface area (Å²) in [5.74, 6) is 0. The van der Waals surface area contributed by atoms with Crippen LogP contribution in [-0.2, 0) is 0 Å². The highest BCUT2D eigenvalue weighted by molar-refractivity contribution is 5.59. The van der Waals surface area contributed by atoms with Gasteiger partial charge in [0.15, 0.2) is 0 Å². The summed E-state index contributed by atoms with van der Waals surface area (Å²) in [4.78, 5) is 6.58. The molecule has 0 amide bonds. The number of benzene rings is 1. The summed E-state index contributed by atoms with van der Waals surface area (Å²) in [5.41, 5.74) is 4.36. The van der Waals surface area contributed by atoms with Crippen LogP contribution < -0.4 is 5.48 Å². The summed E-state index contributed by atoms with van der Waals surface area (Å²) in [6.07, 6.45) is 2.39. The average Bonchev–Trinajstić information content (AvgIpc) is 2.44. The first kappa shape index (κ1) is 17.7. The Labute approximate surface area is 128 Å². The fourth-order valence-electron chi connectivity index (χ4n) is 2.59. The van der Waals surface area contributed by atoms with Crippen LogP contribution in [0.3, 0.4) is 0 Å².